The van der Waals surface area contributed by atoms with Crippen LogP contribution in [0.1, 0.15) is 59.1 Å². The second-order valence-electron chi connectivity index (χ2n) is 12.6. The summed E-state index contributed by atoms with van der Waals surface area (Å²) in [7, 11) is 0. The predicted molar refractivity (Wildman–Crippen MR) is 166 cm³/mol. The second kappa shape index (κ2) is 11.1. The number of ether oxygens (including phenoxy) is 2. The Hall–Kier alpha value is -4.19. The number of anilines is 4. The Morgan fingerprint density at radius 1 is 1.02 bits per heavy atom. The highest BCUT2D eigenvalue weighted by molar-refractivity contribution is 5.94. The van der Waals surface area contributed by atoms with Crippen LogP contribution in [0, 0.1) is 0 Å². The van der Waals surface area contributed by atoms with E-state index in [1.165, 1.54) is 0 Å². The lowest BCUT2D eigenvalue weighted by molar-refractivity contribution is -0.0298. The summed E-state index contributed by atoms with van der Waals surface area (Å²) in [5.41, 5.74) is 3.87. The van der Waals surface area contributed by atoms with Crippen LogP contribution in [0.5, 0.6) is 0 Å². The van der Waals surface area contributed by atoms with Crippen LogP contribution in [0.3, 0.4) is 0 Å². The van der Waals surface area contributed by atoms with Gasteiger partial charge in [0.15, 0.2) is 17.0 Å². The molecule has 7 rings (SSSR count). The highest BCUT2D eigenvalue weighted by atomic mass is 16.6. The molecule has 1 saturated carbocycles. The molecule has 2 N–H and O–H groups in total. The van der Waals surface area contributed by atoms with E-state index in [1.807, 2.05) is 56.1 Å². The molecule has 3 aliphatic rings. The lowest BCUT2D eigenvalue weighted by Gasteiger charge is -2.37. The normalized spacial score (nSPS) is 19.6. The van der Waals surface area contributed by atoms with Gasteiger partial charge >= 0.3 is 6.09 Å². The van der Waals surface area contributed by atoms with Gasteiger partial charge in [0.2, 0.25) is 5.95 Å². The van der Waals surface area contributed by atoms with Crippen LogP contribution in [0.25, 0.3) is 22.1 Å². The van der Waals surface area contributed by atoms with Crippen molar-refractivity contribution in [3.05, 3.63) is 36.8 Å². The predicted octanol–water partition coefficient (Wildman–Crippen LogP) is 5.45. The minimum absolute atomic E-state index is 0.0691. The van der Waals surface area contributed by atoms with Crippen molar-refractivity contribution in [3.8, 4) is 0 Å². The van der Waals surface area contributed by atoms with E-state index in [0.29, 0.717) is 38.2 Å². The topological polar surface area (TPSA) is 123 Å². The number of carbonyl (C=O) groups excluding carboxylic acids is 1. The molecule has 5 heterocycles. The van der Waals surface area contributed by atoms with Crippen LogP contribution in [0.15, 0.2) is 36.8 Å². The number of amides is 1. The van der Waals surface area contributed by atoms with Gasteiger partial charge < -0.3 is 29.9 Å². The maximum absolute atomic E-state index is 12.6. The number of carbonyl (C=O) groups is 1. The number of fused-ring (bicyclic) bond motifs is 2. The third kappa shape index (κ3) is 6.01. The van der Waals surface area contributed by atoms with Crippen molar-refractivity contribution in [1.82, 2.24) is 29.4 Å². The summed E-state index contributed by atoms with van der Waals surface area (Å²) < 4.78 is 13.7. The first-order valence-corrected chi connectivity index (χ1v) is 15.3. The fourth-order valence-corrected chi connectivity index (χ4v) is 5.72. The van der Waals surface area contributed by atoms with Gasteiger partial charge in [0.05, 0.1) is 11.8 Å². The summed E-state index contributed by atoms with van der Waals surface area (Å²) in [5, 5.41) is 8.03. The van der Waals surface area contributed by atoms with E-state index >= 15 is 0 Å². The number of piperazine rings is 1. The maximum Gasteiger partial charge on any atom is 0.410 e. The molecule has 1 amide bonds. The number of pyridine rings is 1. The van der Waals surface area contributed by atoms with Gasteiger partial charge in [0, 0.05) is 61.8 Å². The molecule has 1 atom stereocenters. The Balaban J connectivity index is 1.15. The highest BCUT2D eigenvalue weighted by Gasteiger charge is 2.28. The number of nitrogens with zero attached hydrogens (tertiary/aromatic N) is 7. The van der Waals surface area contributed by atoms with E-state index < -0.39 is 5.60 Å². The number of rotatable bonds is 6. The second-order valence-corrected chi connectivity index (χ2v) is 12.6. The molecule has 3 aromatic heterocycles. The molecule has 2 saturated heterocycles. The minimum Gasteiger partial charge on any atom is -0.444 e. The average molecular weight is 586 g/mol. The summed E-state index contributed by atoms with van der Waals surface area (Å²) in [6.45, 7) is 9.03. The fourth-order valence-electron chi connectivity index (χ4n) is 5.72. The Kier molecular flexibility index (Phi) is 7.16. The van der Waals surface area contributed by atoms with Gasteiger partial charge in [0.25, 0.3) is 0 Å². The summed E-state index contributed by atoms with van der Waals surface area (Å²) in [4.78, 5) is 35.7. The van der Waals surface area contributed by atoms with E-state index in [9.17, 15) is 4.79 Å². The quantitative estimate of drug-likeness (QED) is 0.302. The van der Waals surface area contributed by atoms with Gasteiger partial charge in [-0.3, -0.25) is 9.55 Å². The molecule has 4 aromatic rings. The lowest BCUT2D eigenvalue weighted by atomic mass is 10.1. The zero-order valence-corrected chi connectivity index (χ0v) is 25.0. The van der Waals surface area contributed by atoms with Crippen LogP contribution in [-0.4, -0.2) is 79.9 Å². The largest absolute Gasteiger partial charge is 0.444 e. The fraction of sp³-hybridized carbons (Fsp3) is 0.516. The molecule has 12 heteroatoms. The number of aromatic nitrogens is 5. The van der Waals surface area contributed by atoms with Crippen molar-refractivity contribution in [2.24, 2.45) is 0 Å². The third-order valence-corrected chi connectivity index (χ3v) is 8.05. The zero-order valence-electron chi connectivity index (χ0n) is 25.0. The number of imidazole rings is 1. The summed E-state index contributed by atoms with van der Waals surface area (Å²) in [6.07, 6.45) is 8.74. The number of hydrogen-bond acceptors (Lipinski definition) is 10. The summed E-state index contributed by atoms with van der Waals surface area (Å²) >= 11 is 0. The van der Waals surface area contributed by atoms with Gasteiger partial charge in [-0.25, -0.2) is 9.78 Å². The van der Waals surface area contributed by atoms with Gasteiger partial charge in [-0.15, -0.1) is 0 Å². The molecule has 0 spiro atoms. The molecular formula is C31H39N9O3. The van der Waals surface area contributed by atoms with Crippen molar-refractivity contribution in [3.63, 3.8) is 0 Å². The van der Waals surface area contributed by atoms with Crippen molar-refractivity contribution in [2.75, 3.05) is 48.3 Å². The lowest BCUT2D eigenvalue weighted by Crippen LogP contribution is -2.50. The van der Waals surface area contributed by atoms with E-state index in [2.05, 4.69) is 31.6 Å². The van der Waals surface area contributed by atoms with Crippen LogP contribution in [0.4, 0.5) is 27.9 Å². The highest BCUT2D eigenvalue weighted by Crippen LogP contribution is 2.33. The first-order valence-electron chi connectivity index (χ1n) is 15.3. The summed E-state index contributed by atoms with van der Waals surface area (Å²) in [5.74, 6) is 1.25. The number of nitrogens with one attached hydrogen (secondary N) is 2. The van der Waals surface area contributed by atoms with Crippen LogP contribution >= 0.6 is 0 Å². The Labute approximate surface area is 250 Å². The Bertz CT molecular complexity index is 1630. The first kappa shape index (κ1) is 27.6. The van der Waals surface area contributed by atoms with Gasteiger partial charge in [0.1, 0.15) is 11.8 Å². The smallest absolute Gasteiger partial charge is 0.410 e. The van der Waals surface area contributed by atoms with Crippen molar-refractivity contribution in [2.45, 2.75) is 70.7 Å². The molecule has 1 aromatic carbocycles. The van der Waals surface area contributed by atoms with Crippen molar-refractivity contribution < 1.29 is 14.3 Å². The molecule has 1 aliphatic carbocycles. The molecule has 3 fully saturated rings. The Morgan fingerprint density at radius 3 is 2.60 bits per heavy atom. The molecular weight excluding hydrogens is 546 g/mol. The maximum atomic E-state index is 12.6. The summed E-state index contributed by atoms with van der Waals surface area (Å²) in [6, 6.07) is 8.58. The van der Waals surface area contributed by atoms with Crippen molar-refractivity contribution >= 4 is 51.3 Å². The van der Waals surface area contributed by atoms with Gasteiger partial charge in [-0.1, -0.05) is 0 Å². The standard InChI is InChI=1S/C31H39N9O3/c1-31(2,3)43-30(41)39-15-13-38(14-16-39)24-11-12-32-23-10-9-21(18-22(23)24)35-29-36-27(34-20-7-8-20)26-28(37-29)40(19-33-26)25-6-4-5-17-42-25/h9-12,18-20,25H,4-8,13-17H2,1-3H3,(H2,34,35,36,37). The first-order chi connectivity index (χ1) is 20.8. The molecule has 2 aliphatic heterocycles. The molecule has 12 nitrogen and oxygen atoms in total. The monoisotopic (exact) mass is 585 g/mol. The molecule has 226 valence electrons. The molecule has 0 radical (unpaired) electrons. The van der Waals surface area contributed by atoms with E-state index in [4.69, 9.17) is 19.4 Å². The zero-order chi connectivity index (χ0) is 29.6. The van der Waals surface area contributed by atoms with Gasteiger partial charge in [-0.2, -0.15) is 9.97 Å². The number of hydrogen-bond donors (Lipinski definition) is 2. The van der Waals surface area contributed by atoms with E-state index in [-0.39, 0.29) is 12.3 Å². The molecule has 43 heavy (non-hydrogen) atoms. The van der Waals surface area contributed by atoms with Crippen LogP contribution in [-0.2, 0) is 9.47 Å². The van der Waals surface area contributed by atoms with Crippen LogP contribution < -0.4 is 15.5 Å². The minimum atomic E-state index is -0.509. The van der Waals surface area contributed by atoms with E-state index in [0.717, 1.165) is 78.0 Å². The Morgan fingerprint density at radius 2 is 1.86 bits per heavy atom. The third-order valence-electron chi connectivity index (χ3n) is 8.05. The van der Waals surface area contributed by atoms with E-state index in [1.54, 1.807) is 4.90 Å². The van der Waals surface area contributed by atoms with Crippen molar-refractivity contribution in [1.29, 1.82) is 0 Å². The number of benzene rings is 1. The molecule has 1 unspecified atom stereocenters. The van der Waals surface area contributed by atoms with Crippen LogP contribution in [0.2, 0.25) is 0 Å². The SMILES string of the molecule is CC(C)(C)OC(=O)N1CCN(c2ccnc3ccc(Nc4nc(NC5CC5)c5ncn(C6CCCCO6)c5n4)cc23)CC1. The van der Waals surface area contributed by atoms with Gasteiger partial charge in [-0.05, 0) is 77.1 Å². The average Bonchev–Trinajstić information content (AvgIpc) is 3.71. The molecule has 0 bridgehead atoms.